The lowest BCUT2D eigenvalue weighted by atomic mass is 9.91. The summed E-state index contributed by atoms with van der Waals surface area (Å²) >= 11 is 0. The Morgan fingerprint density at radius 1 is 1.21 bits per heavy atom. The van der Waals surface area contributed by atoms with E-state index in [4.69, 9.17) is 5.90 Å². The van der Waals surface area contributed by atoms with Crippen LogP contribution in [0.3, 0.4) is 0 Å². The minimum atomic E-state index is -3.32. The van der Waals surface area contributed by atoms with Gasteiger partial charge in [0.15, 0.2) is 15.9 Å². The molecule has 8 nitrogen and oxygen atoms in total. The predicted octanol–water partition coefficient (Wildman–Crippen LogP) is 3.42. The van der Waals surface area contributed by atoms with Gasteiger partial charge in [0, 0.05) is 18.6 Å². The molecule has 180 valence electrons. The first-order valence-corrected chi connectivity index (χ1v) is 12.4. The fourth-order valence-electron chi connectivity index (χ4n) is 3.65. The molecular formula is C24H26FN3O5S. The first-order chi connectivity index (χ1) is 16.2. The second kappa shape index (κ2) is 11.2. The summed E-state index contributed by atoms with van der Waals surface area (Å²) in [5.41, 5.74) is 2.47. The molecule has 1 heterocycles. The van der Waals surface area contributed by atoms with Crippen LogP contribution in [0, 0.1) is 5.82 Å². The SMILES string of the molecule is CS(=O)(=O)c1ccc(CC(C(=CCCC(ON)C(=O)O)c2ccc(F)cc2)n2ccnc2)cc1. The monoisotopic (exact) mass is 487 g/mol. The van der Waals surface area contributed by atoms with E-state index in [1.54, 1.807) is 55.1 Å². The molecular weight excluding hydrogens is 461 g/mol. The minimum absolute atomic E-state index is 0.149. The van der Waals surface area contributed by atoms with Crippen LogP contribution in [0.2, 0.25) is 0 Å². The molecule has 3 N–H and O–H groups in total. The number of carbonyl (C=O) groups is 1. The summed E-state index contributed by atoms with van der Waals surface area (Å²) < 4.78 is 39.1. The molecule has 1 aromatic heterocycles. The number of imidazole rings is 1. The minimum Gasteiger partial charge on any atom is -0.479 e. The Morgan fingerprint density at radius 3 is 2.41 bits per heavy atom. The lowest BCUT2D eigenvalue weighted by molar-refractivity contribution is -0.151. The van der Waals surface area contributed by atoms with Crippen molar-refractivity contribution in [2.45, 2.75) is 36.3 Å². The van der Waals surface area contributed by atoms with Crippen LogP contribution >= 0.6 is 0 Å². The second-order valence-electron chi connectivity index (χ2n) is 7.85. The van der Waals surface area contributed by atoms with Crippen LogP contribution < -0.4 is 5.90 Å². The summed E-state index contributed by atoms with van der Waals surface area (Å²) in [7, 11) is -3.32. The van der Waals surface area contributed by atoms with Crippen LogP contribution in [0.25, 0.3) is 5.57 Å². The zero-order chi connectivity index (χ0) is 24.7. The Hall–Kier alpha value is -3.34. The third-order valence-electron chi connectivity index (χ3n) is 5.43. The maximum absolute atomic E-state index is 13.6. The van der Waals surface area contributed by atoms with E-state index >= 15 is 0 Å². The Balaban J connectivity index is 1.99. The van der Waals surface area contributed by atoms with Crippen molar-refractivity contribution in [3.8, 4) is 0 Å². The number of carboxylic acid groups (broad SMARTS) is 1. The number of rotatable bonds is 11. The van der Waals surface area contributed by atoms with Gasteiger partial charge in [-0.25, -0.2) is 28.5 Å². The fourth-order valence-corrected chi connectivity index (χ4v) is 4.28. The first-order valence-electron chi connectivity index (χ1n) is 10.5. The number of nitrogens with two attached hydrogens (primary N) is 1. The Bertz CT molecular complexity index is 1220. The molecule has 0 aliphatic rings. The highest BCUT2D eigenvalue weighted by Gasteiger charge is 2.21. The summed E-state index contributed by atoms with van der Waals surface area (Å²) in [5, 5.41) is 9.20. The Labute approximate surface area is 197 Å². The average Bonchev–Trinajstić information content (AvgIpc) is 3.33. The number of halogens is 1. The van der Waals surface area contributed by atoms with Crippen molar-refractivity contribution in [1.29, 1.82) is 0 Å². The van der Waals surface area contributed by atoms with Gasteiger partial charge in [-0.3, -0.25) is 4.84 Å². The first kappa shape index (κ1) is 25.3. The molecule has 0 fully saturated rings. The maximum Gasteiger partial charge on any atom is 0.334 e. The Morgan fingerprint density at radius 2 is 1.88 bits per heavy atom. The number of nitrogens with zero attached hydrogens (tertiary/aromatic N) is 2. The van der Waals surface area contributed by atoms with Crippen LogP contribution in [-0.2, 0) is 25.9 Å². The van der Waals surface area contributed by atoms with E-state index in [1.165, 1.54) is 12.1 Å². The van der Waals surface area contributed by atoms with Gasteiger partial charge in [0.2, 0.25) is 0 Å². The highest BCUT2D eigenvalue weighted by atomic mass is 32.2. The average molecular weight is 488 g/mol. The van der Waals surface area contributed by atoms with Gasteiger partial charge in [-0.15, -0.1) is 0 Å². The normalized spacial score (nSPS) is 14.0. The quantitative estimate of drug-likeness (QED) is 0.397. The van der Waals surface area contributed by atoms with Crippen LogP contribution in [0.4, 0.5) is 4.39 Å². The highest BCUT2D eigenvalue weighted by Crippen LogP contribution is 2.32. The summed E-state index contributed by atoms with van der Waals surface area (Å²) in [6.45, 7) is 0. The summed E-state index contributed by atoms with van der Waals surface area (Å²) in [5.74, 6) is 3.57. The van der Waals surface area contributed by atoms with Crippen LogP contribution in [0.1, 0.15) is 30.0 Å². The number of aliphatic carboxylic acids is 1. The van der Waals surface area contributed by atoms with Gasteiger partial charge >= 0.3 is 5.97 Å². The van der Waals surface area contributed by atoms with E-state index in [2.05, 4.69) is 9.82 Å². The van der Waals surface area contributed by atoms with Gasteiger partial charge in [0.1, 0.15) is 5.82 Å². The molecule has 0 saturated carbocycles. The van der Waals surface area contributed by atoms with E-state index < -0.39 is 21.9 Å². The standard InChI is InChI=1S/C24H26FN3O5S/c1-34(31,32)20-11-5-17(6-12-20)15-22(28-14-13-27-16-28)21(18-7-9-19(25)10-8-18)3-2-4-23(33-26)24(29)30/h3,5-14,16,22-23H,2,4,15,26H2,1H3,(H,29,30). The predicted molar refractivity (Wildman–Crippen MR) is 125 cm³/mol. The van der Waals surface area contributed by atoms with Gasteiger partial charge in [-0.05, 0) is 60.2 Å². The molecule has 2 aromatic carbocycles. The fraction of sp³-hybridized carbons (Fsp3) is 0.250. The molecule has 2 atom stereocenters. The summed E-state index contributed by atoms with van der Waals surface area (Å²) in [6, 6.07) is 12.4. The number of sulfone groups is 1. The van der Waals surface area contributed by atoms with Gasteiger partial charge in [0.05, 0.1) is 17.3 Å². The maximum atomic E-state index is 13.6. The molecule has 0 radical (unpaired) electrons. The second-order valence-corrected chi connectivity index (χ2v) is 9.87. The molecule has 0 aliphatic heterocycles. The highest BCUT2D eigenvalue weighted by molar-refractivity contribution is 7.90. The van der Waals surface area contributed by atoms with E-state index in [-0.39, 0.29) is 23.2 Å². The van der Waals surface area contributed by atoms with Crippen LogP contribution in [-0.4, -0.2) is 41.4 Å². The number of benzene rings is 2. The number of aromatic nitrogens is 2. The van der Waals surface area contributed by atoms with Crippen molar-refractivity contribution in [2.24, 2.45) is 5.90 Å². The number of carboxylic acids is 1. The molecule has 0 amide bonds. The van der Waals surface area contributed by atoms with E-state index in [0.29, 0.717) is 12.8 Å². The van der Waals surface area contributed by atoms with Gasteiger partial charge in [-0.2, -0.15) is 0 Å². The lowest BCUT2D eigenvalue weighted by Crippen LogP contribution is -2.26. The largest absolute Gasteiger partial charge is 0.479 e. The molecule has 34 heavy (non-hydrogen) atoms. The van der Waals surface area contributed by atoms with E-state index in [0.717, 1.165) is 23.0 Å². The third-order valence-corrected chi connectivity index (χ3v) is 6.56. The molecule has 3 rings (SSSR count). The van der Waals surface area contributed by atoms with Crippen molar-refractivity contribution in [1.82, 2.24) is 9.55 Å². The lowest BCUT2D eigenvalue weighted by Gasteiger charge is -2.23. The number of hydrogen-bond donors (Lipinski definition) is 2. The smallest absolute Gasteiger partial charge is 0.334 e. The van der Waals surface area contributed by atoms with Crippen LogP contribution in [0.5, 0.6) is 0 Å². The molecule has 0 saturated heterocycles. The van der Waals surface area contributed by atoms with Crippen LogP contribution in [0.15, 0.2) is 78.2 Å². The summed E-state index contributed by atoms with van der Waals surface area (Å²) in [6.07, 6.45) is 7.98. The Kier molecular flexibility index (Phi) is 8.32. The molecule has 0 spiro atoms. The molecule has 0 aliphatic carbocycles. The van der Waals surface area contributed by atoms with E-state index in [9.17, 15) is 22.7 Å². The number of hydrogen-bond acceptors (Lipinski definition) is 6. The topological polar surface area (TPSA) is 125 Å². The van der Waals surface area contributed by atoms with Crippen molar-refractivity contribution in [3.63, 3.8) is 0 Å². The van der Waals surface area contributed by atoms with Crippen molar-refractivity contribution < 1.29 is 27.5 Å². The van der Waals surface area contributed by atoms with Gasteiger partial charge < -0.3 is 9.67 Å². The van der Waals surface area contributed by atoms with Gasteiger partial charge in [0.25, 0.3) is 0 Å². The van der Waals surface area contributed by atoms with Crippen molar-refractivity contribution in [2.75, 3.05) is 6.26 Å². The number of allylic oxidation sites excluding steroid dienone is 2. The zero-order valence-corrected chi connectivity index (χ0v) is 19.4. The zero-order valence-electron chi connectivity index (χ0n) is 18.5. The third kappa shape index (κ3) is 6.60. The van der Waals surface area contributed by atoms with E-state index in [1.807, 2.05) is 10.6 Å². The van der Waals surface area contributed by atoms with Crippen molar-refractivity contribution >= 4 is 21.4 Å². The van der Waals surface area contributed by atoms with Crippen molar-refractivity contribution in [3.05, 3.63) is 90.3 Å². The molecule has 0 bridgehead atoms. The molecule has 3 aromatic rings. The summed E-state index contributed by atoms with van der Waals surface area (Å²) in [4.78, 5) is 20.2. The van der Waals surface area contributed by atoms with Gasteiger partial charge in [-0.1, -0.05) is 30.3 Å². The molecule has 10 heteroatoms. The molecule has 2 unspecified atom stereocenters.